The summed E-state index contributed by atoms with van der Waals surface area (Å²) < 4.78 is 53.7. The van der Waals surface area contributed by atoms with Crippen molar-refractivity contribution < 1.29 is 94.8 Å². The molecule has 32 heteroatoms. The van der Waals surface area contributed by atoms with Gasteiger partial charge < -0.3 is 78.1 Å². The monoisotopic (exact) mass is 1750 g/mol. The van der Waals surface area contributed by atoms with Crippen molar-refractivity contribution in [1.29, 1.82) is 0 Å². The number of ketones is 3. The second-order valence-electron chi connectivity index (χ2n) is 36.2. The molecule has 1 aliphatic heterocycles. The number of ether oxygens (including phenoxy) is 6. The molecule has 1 saturated heterocycles. The van der Waals surface area contributed by atoms with Crippen LogP contribution in [0.15, 0.2) is 12.3 Å². The number of nitrogens with one attached hydrogen (secondary N) is 4. The van der Waals surface area contributed by atoms with Crippen molar-refractivity contribution in [2.24, 2.45) is 93.8 Å². The molecule has 0 spiro atoms. The minimum absolute atomic E-state index is 0. The van der Waals surface area contributed by atoms with E-state index < -0.39 is 86.5 Å². The number of esters is 3. The van der Waals surface area contributed by atoms with Crippen LogP contribution in [0.25, 0.3) is 0 Å². The van der Waals surface area contributed by atoms with Gasteiger partial charge >= 0.3 is 42.1 Å². The second kappa shape index (κ2) is 76.2. The van der Waals surface area contributed by atoms with Crippen molar-refractivity contribution in [3.05, 3.63) is 22.5 Å². The fourth-order valence-corrected chi connectivity index (χ4v) is 10.7. The van der Waals surface area contributed by atoms with Crippen molar-refractivity contribution in [3.63, 3.8) is 0 Å². The van der Waals surface area contributed by atoms with Gasteiger partial charge in [-0.15, -0.1) is 0 Å². The Morgan fingerprint density at radius 2 is 0.833 bits per heavy atom. The van der Waals surface area contributed by atoms with Crippen molar-refractivity contribution >= 4 is 69.3 Å². The summed E-state index contributed by atoms with van der Waals surface area (Å²) in [6.45, 7) is 71.2. The maximum absolute atomic E-state index is 11.7. The molecule has 1 unspecified atom stereocenters. The van der Waals surface area contributed by atoms with E-state index in [4.69, 9.17) is 57.5 Å². The van der Waals surface area contributed by atoms with Crippen molar-refractivity contribution in [1.82, 2.24) is 20.7 Å². The van der Waals surface area contributed by atoms with Crippen LogP contribution in [-0.2, 0) is 76.8 Å². The largest absolute Gasteiger partial charge is 0.498 e. The van der Waals surface area contributed by atoms with E-state index in [0.29, 0.717) is 74.5 Å². The summed E-state index contributed by atoms with van der Waals surface area (Å²) >= 11 is 0. The summed E-state index contributed by atoms with van der Waals surface area (Å²) in [4.78, 5) is 121. The molecule has 0 saturated carbocycles. The lowest BCUT2D eigenvalue weighted by molar-refractivity contribution is -0.512. The van der Waals surface area contributed by atoms with Crippen LogP contribution in [0.2, 0.25) is 0 Å². The SMILES string of the molecule is C.C=C1CC(CC(C)C)CO1.CC(=O)[C@@H](CC(C)C)NS(C)(=O)=O.CC(=O)[C@H](N)CC(C)C.CC(=O)[C@H](N)CC(C)C.CC(C)C[C@@H](NC(=O)OC(C)(C)C)C(=O)O.CCCNC(=O)[C@H](N)CC(C)C.CCOC(=O)[C@@H](CC(C)C)NC(=O)OC(C)(C)C.CCOC(=O)[C@@H](CC(C)C)[N+](=O)[O-].CCOC(=O)[C@H](N)CC(C)C.CC[C@H](N)CC(C)C. The highest BCUT2D eigenvalue weighted by molar-refractivity contribution is 7.88. The van der Waals surface area contributed by atoms with Crippen LogP contribution in [0.4, 0.5) is 9.59 Å². The third-order valence-corrected chi connectivity index (χ3v) is 16.0. The van der Waals surface area contributed by atoms with Gasteiger partial charge in [0.15, 0.2) is 0 Å². The number of nitro groups is 1. The number of nitrogens with two attached hydrogens (primary N) is 5. The Morgan fingerprint density at radius 3 is 1.10 bits per heavy atom. The van der Waals surface area contributed by atoms with Gasteiger partial charge in [0.1, 0.15) is 46.7 Å². The average molecular weight is 1750 g/mol. The standard InChI is InChI=1S/C13H25NO4.C11H21NO4.C9H20N2O.C9H16O.C8H15NO4.C8H17NO3S.C8H17NO2.2C7H15NO.C7H17N.CH4/c1-7-17-11(15)10(8-9(2)3)14-12(16)18-13(4,5)6;1-7(2)6-8(9(13)14)12-10(15)16-11(3,4)5;1-4-5-11-9(12)8(10)6-7(2)3;1-7(2)4-9-5-8(3)10-6-9;1-4-13-8(10)7(9(11)12)5-6(2)3;1-6(2)5-8(7(3)10)9-13(4,11)12;1-4-11-8(10)7(9)5-6(2)3;2*1-5(2)4-7(8)6(3)9;1-4-7(8)5-6(2)3;/h9-10H,7-8H2,1-6H3,(H,14,16);7-8H,6H2,1-5H3,(H,12,15)(H,13,14);7-8H,4-6,10H2,1-3H3,(H,11,12);7,9H,3-6H2,1-2H3;6-7H,4-5H2,1-3H3;6,8-9H,5H2,1-4H3;6-7H,4-5,9H2,1-3H3;2*5,7H,4,8H2,1-3H3;6-7H,4-5,8H2,1-3H3;1H4/t10-;2*8-;;7-;8-;4*7-;/m111.111110./s1. The third-order valence-electron chi connectivity index (χ3n) is 15.3. The van der Waals surface area contributed by atoms with E-state index in [0.717, 1.165) is 87.9 Å². The molecule has 0 aromatic heterocycles. The number of nitrogens with zero attached hydrogens (tertiary/aromatic N) is 1. The number of carbonyl (C=O) groups is 10. The van der Waals surface area contributed by atoms with Gasteiger partial charge in [-0.05, 0) is 213 Å². The van der Waals surface area contributed by atoms with E-state index in [1.54, 1.807) is 62.3 Å². The molecule has 1 heterocycles. The van der Waals surface area contributed by atoms with E-state index >= 15 is 0 Å². The van der Waals surface area contributed by atoms with Crippen molar-refractivity contribution in [2.75, 3.05) is 39.2 Å². The molecule has 0 aromatic carbocycles. The lowest BCUT2D eigenvalue weighted by Crippen LogP contribution is -2.44. The molecular formula is C88H182N10O21S. The molecule has 0 bridgehead atoms. The van der Waals surface area contributed by atoms with Crippen LogP contribution in [0.5, 0.6) is 0 Å². The Morgan fingerprint density at radius 1 is 0.500 bits per heavy atom. The Hall–Kier alpha value is -6.45. The maximum atomic E-state index is 11.7. The Kier molecular flexibility index (Phi) is 85.2. The number of carbonyl (C=O) groups excluding carboxylic acids is 9. The molecular weight excluding hydrogens is 1570 g/mol. The van der Waals surface area contributed by atoms with Crippen LogP contribution < -0.4 is 49.3 Å². The number of carboxylic acids is 1. The fraction of sp³-hybridized carbons (Fsp3) is 0.864. The van der Waals surface area contributed by atoms with E-state index in [1.165, 1.54) is 27.2 Å². The zero-order chi connectivity index (χ0) is 95.8. The number of aliphatic carboxylic acids is 1. The summed E-state index contributed by atoms with van der Waals surface area (Å²) in [7, 11) is -3.28. The Balaban J connectivity index is -0.000000141. The second-order valence-corrected chi connectivity index (χ2v) is 37.9. The van der Waals surface area contributed by atoms with E-state index in [-0.39, 0.29) is 85.6 Å². The van der Waals surface area contributed by atoms with Gasteiger partial charge in [-0.1, -0.05) is 166 Å². The van der Waals surface area contributed by atoms with Crippen LogP contribution in [0, 0.1) is 75.2 Å². The van der Waals surface area contributed by atoms with Crippen LogP contribution >= 0.6 is 0 Å². The first-order chi connectivity index (χ1) is 54.0. The molecule has 120 heavy (non-hydrogen) atoms. The molecule has 10 atom stereocenters. The van der Waals surface area contributed by atoms with E-state index in [9.17, 15) is 66.5 Å². The molecule has 15 N–H and O–H groups in total. The molecule has 0 aromatic rings. The minimum Gasteiger partial charge on any atom is -0.498 e. The van der Waals surface area contributed by atoms with Gasteiger partial charge in [-0.2, -0.15) is 0 Å². The smallest absolute Gasteiger partial charge is 0.408 e. The molecule has 716 valence electrons. The normalized spacial score (nSPS) is 14.4. The number of hydrogen-bond donors (Lipinski definition) is 10. The number of hydrogen-bond acceptors (Lipinski definition) is 25. The third kappa shape index (κ3) is 100. The Bertz CT molecular complexity index is 2820. The number of amides is 3. The number of alkyl carbamates (subject to hydrolysis) is 2. The average Bonchev–Trinajstić information content (AvgIpc) is 1.13. The van der Waals surface area contributed by atoms with Gasteiger partial charge in [-0.3, -0.25) is 34.1 Å². The van der Waals surface area contributed by atoms with Crippen LogP contribution in [0.1, 0.15) is 326 Å². The highest BCUT2D eigenvalue weighted by atomic mass is 32.2. The lowest BCUT2D eigenvalue weighted by Gasteiger charge is -2.23. The summed E-state index contributed by atoms with van der Waals surface area (Å²) in [6, 6.07) is -4.18. The number of rotatable bonds is 39. The number of allylic oxidation sites excluding steroid dienone is 1. The van der Waals surface area contributed by atoms with Gasteiger partial charge in [-0.25, -0.2) is 37.1 Å². The van der Waals surface area contributed by atoms with Gasteiger partial charge in [0.2, 0.25) is 15.9 Å². The van der Waals surface area contributed by atoms with Crippen molar-refractivity contribution in [2.45, 2.75) is 392 Å². The molecule has 31 nitrogen and oxygen atoms in total. The molecule has 1 fully saturated rings. The highest BCUT2D eigenvalue weighted by Crippen LogP contribution is 2.27. The molecule has 1 aliphatic rings. The first-order valence-electron chi connectivity index (χ1n) is 42.7. The summed E-state index contributed by atoms with van der Waals surface area (Å²) in [5.41, 5.74) is 26.6. The summed E-state index contributed by atoms with van der Waals surface area (Å²) in [5, 5.41) is 27.0. The predicted molar refractivity (Wildman–Crippen MR) is 486 cm³/mol. The topological polar surface area (TPSA) is 502 Å². The Labute approximate surface area is 728 Å². The first kappa shape index (κ1) is 134. The number of sulfonamides is 1. The fourth-order valence-electron chi connectivity index (χ4n) is 9.96. The minimum atomic E-state index is -3.28. The summed E-state index contributed by atoms with van der Waals surface area (Å²) in [5.74, 6) is 3.61. The predicted octanol–water partition coefficient (Wildman–Crippen LogP) is 15.0. The van der Waals surface area contributed by atoms with Crippen LogP contribution in [-0.4, -0.2) is 183 Å². The molecule has 0 radical (unpaired) electrons. The highest BCUT2D eigenvalue weighted by Gasteiger charge is 2.32. The summed E-state index contributed by atoms with van der Waals surface area (Å²) in [6.07, 6.45) is 10.1. The van der Waals surface area contributed by atoms with Gasteiger partial charge in [0, 0.05) is 36.3 Å². The van der Waals surface area contributed by atoms with E-state index in [1.807, 2.05) is 76.2 Å². The molecule has 1 rings (SSSR count). The van der Waals surface area contributed by atoms with Crippen LogP contribution in [0.3, 0.4) is 0 Å². The maximum Gasteiger partial charge on any atom is 0.408 e. The zero-order valence-electron chi connectivity index (χ0n) is 80.8. The molecule has 0 aliphatic carbocycles. The van der Waals surface area contributed by atoms with E-state index in [2.05, 4.69) is 108 Å². The number of carboxylic acid groups (broad SMARTS) is 1. The van der Waals surface area contributed by atoms with Gasteiger partial charge in [0.25, 0.3) is 0 Å². The first-order valence-corrected chi connectivity index (χ1v) is 44.6. The van der Waals surface area contributed by atoms with Crippen molar-refractivity contribution in [3.8, 4) is 0 Å². The molecule has 3 amide bonds. The quantitative estimate of drug-likeness (QED) is 0.0118. The lowest BCUT2D eigenvalue weighted by atomic mass is 9.96. The number of Topliss-reactive ketones (excluding diaryl/α,β-unsaturated/α-hetero) is 3. The zero-order valence-corrected chi connectivity index (χ0v) is 81.7. The van der Waals surface area contributed by atoms with Gasteiger partial charge in [0.05, 0.1) is 62.6 Å².